The van der Waals surface area contributed by atoms with Gasteiger partial charge in [-0.2, -0.15) is 0 Å². The molecule has 1 N–H and O–H groups in total. The normalized spacial score (nSPS) is 17.8. The number of ether oxygens (including phenoxy) is 2. The highest BCUT2D eigenvalue weighted by Crippen LogP contribution is 2.35. The van der Waals surface area contributed by atoms with Crippen molar-refractivity contribution in [3.63, 3.8) is 0 Å². The van der Waals surface area contributed by atoms with Crippen LogP contribution in [0.5, 0.6) is 5.75 Å². The van der Waals surface area contributed by atoms with E-state index in [1.165, 1.54) is 24.0 Å². The van der Waals surface area contributed by atoms with Crippen LogP contribution < -0.4 is 10.1 Å². The number of nitrogens with one attached hydrogen (secondary N) is 1. The zero-order valence-corrected chi connectivity index (χ0v) is 17.6. The van der Waals surface area contributed by atoms with E-state index >= 15 is 0 Å². The van der Waals surface area contributed by atoms with Crippen LogP contribution in [-0.2, 0) is 27.8 Å². The highest BCUT2D eigenvalue weighted by Gasteiger charge is 2.41. The molecule has 1 fully saturated rings. The molecule has 0 radical (unpaired) electrons. The first kappa shape index (κ1) is 19.5. The van der Waals surface area contributed by atoms with Crippen LogP contribution in [0.4, 0.5) is 0 Å². The van der Waals surface area contributed by atoms with Gasteiger partial charge in [0.15, 0.2) is 0 Å². The number of halogens is 1. The SMILES string of the molecule is O=C(NCCOc1ccc2c(c1)CCC2)C1(c2ccc(Br)cc2)CCOCC1. The van der Waals surface area contributed by atoms with E-state index in [0.29, 0.717) is 39.2 Å². The Morgan fingerprint density at radius 3 is 2.61 bits per heavy atom. The average Bonchev–Trinajstić information content (AvgIpc) is 3.20. The molecule has 1 aliphatic heterocycles. The van der Waals surface area contributed by atoms with Crippen molar-refractivity contribution in [2.45, 2.75) is 37.5 Å². The monoisotopic (exact) mass is 443 g/mol. The summed E-state index contributed by atoms with van der Waals surface area (Å²) in [5, 5.41) is 3.10. The van der Waals surface area contributed by atoms with Gasteiger partial charge >= 0.3 is 0 Å². The van der Waals surface area contributed by atoms with Gasteiger partial charge in [-0.15, -0.1) is 0 Å². The summed E-state index contributed by atoms with van der Waals surface area (Å²) < 4.78 is 12.4. The van der Waals surface area contributed by atoms with Crippen molar-refractivity contribution >= 4 is 21.8 Å². The Morgan fingerprint density at radius 2 is 1.82 bits per heavy atom. The second kappa shape index (κ2) is 8.66. The highest BCUT2D eigenvalue weighted by atomic mass is 79.9. The molecular formula is C23H26BrNO3. The first-order valence-electron chi connectivity index (χ1n) is 10.0. The first-order valence-corrected chi connectivity index (χ1v) is 10.8. The maximum atomic E-state index is 13.1. The minimum atomic E-state index is -0.521. The van der Waals surface area contributed by atoms with Gasteiger partial charge in [0.25, 0.3) is 0 Å². The Bertz CT molecular complexity index is 828. The molecule has 0 saturated carbocycles. The molecule has 148 valence electrons. The Morgan fingerprint density at radius 1 is 1.07 bits per heavy atom. The van der Waals surface area contributed by atoms with Crippen molar-refractivity contribution in [1.82, 2.24) is 5.32 Å². The largest absolute Gasteiger partial charge is 0.492 e. The Balaban J connectivity index is 1.36. The molecule has 1 saturated heterocycles. The Kier molecular flexibility index (Phi) is 6.02. The number of amides is 1. The molecule has 2 aromatic carbocycles. The lowest BCUT2D eigenvalue weighted by molar-refractivity contribution is -0.130. The van der Waals surface area contributed by atoms with Crippen LogP contribution in [-0.4, -0.2) is 32.3 Å². The van der Waals surface area contributed by atoms with E-state index in [1.54, 1.807) is 0 Å². The minimum Gasteiger partial charge on any atom is -0.492 e. The van der Waals surface area contributed by atoms with Gasteiger partial charge in [0, 0.05) is 17.7 Å². The number of hydrogen-bond acceptors (Lipinski definition) is 3. The van der Waals surface area contributed by atoms with Crippen molar-refractivity contribution in [3.8, 4) is 5.75 Å². The third-order valence-electron chi connectivity index (χ3n) is 5.90. The van der Waals surface area contributed by atoms with Gasteiger partial charge in [0.05, 0.1) is 12.0 Å². The lowest BCUT2D eigenvalue weighted by atomic mass is 9.73. The minimum absolute atomic E-state index is 0.0654. The molecule has 0 spiro atoms. The highest BCUT2D eigenvalue weighted by molar-refractivity contribution is 9.10. The molecule has 0 aromatic heterocycles. The lowest BCUT2D eigenvalue weighted by Gasteiger charge is -2.36. The zero-order valence-electron chi connectivity index (χ0n) is 16.0. The quantitative estimate of drug-likeness (QED) is 0.681. The summed E-state index contributed by atoms with van der Waals surface area (Å²) in [4.78, 5) is 13.1. The average molecular weight is 444 g/mol. The summed E-state index contributed by atoms with van der Waals surface area (Å²) in [5.41, 5.74) is 3.37. The van der Waals surface area contributed by atoms with Crippen LogP contribution >= 0.6 is 15.9 Å². The second-order valence-corrected chi connectivity index (χ2v) is 8.51. The molecule has 2 aliphatic rings. The summed E-state index contributed by atoms with van der Waals surface area (Å²) in [7, 11) is 0. The van der Waals surface area contributed by atoms with Crippen molar-refractivity contribution in [2.75, 3.05) is 26.4 Å². The van der Waals surface area contributed by atoms with Crippen LogP contribution in [0.2, 0.25) is 0 Å². The fourth-order valence-electron chi connectivity index (χ4n) is 4.28. The molecule has 0 bridgehead atoms. The molecule has 2 aromatic rings. The predicted octanol–water partition coefficient (Wildman–Crippen LogP) is 4.18. The topological polar surface area (TPSA) is 47.6 Å². The molecule has 4 rings (SSSR count). The maximum Gasteiger partial charge on any atom is 0.230 e. The van der Waals surface area contributed by atoms with Gasteiger partial charge in [-0.05, 0) is 73.1 Å². The van der Waals surface area contributed by atoms with E-state index in [1.807, 2.05) is 30.3 Å². The zero-order chi connectivity index (χ0) is 19.4. The van der Waals surface area contributed by atoms with Crippen molar-refractivity contribution in [1.29, 1.82) is 0 Å². The van der Waals surface area contributed by atoms with Gasteiger partial charge in [0.2, 0.25) is 5.91 Å². The van der Waals surface area contributed by atoms with Crippen LogP contribution in [0.1, 0.15) is 36.0 Å². The molecule has 0 atom stereocenters. The molecule has 0 unspecified atom stereocenters. The van der Waals surface area contributed by atoms with E-state index < -0.39 is 5.41 Å². The lowest BCUT2D eigenvalue weighted by Crippen LogP contribution is -2.48. The summed E-state index contributed by atoms with van der Waals surface area (Å²) >= 11 is 3.47. The number of carbonyl (C=O) groups excluding carboxylic acids is 1. The van der Waals surface area contributed by atoms with E-state index in [-0.39, 0.29) is 5.91 Å². The van der Waals surface area contributed by atoms with Crippen molar-refractivity contribution in [2.24, 2.45) is 0 Å². The van der Waals surface area contributed by atoms with Crippen LogP contribution in [0.3, 0.4) is 0 Å². The van der Waals surface area contributed by atoms with Gasteiger partial charge in [0.1, 0.15) is 12.4 Å². The van der Waals surface area contributed by atoms with Crippen LogP contribution in [0.15, 0.2) is 46.9 Å². The van der Waals surface area contributed by atoms with Crippen LogP contribution in [0.25, 0.3) is 0 Å². The van der Waals surface area contributed by atoms with Gasteiger partial charge < -0.3 is 14.8 Å². The van der Waals surface area contributed by atoms with E-state index in [9.17, 15) is 4.79 Å². The second-order valence-electron chi connectivity index (χ2n) is 7.59. The van der Waals surface area contributed by atoms with E-state index in [0.717, 1.165) is 22.2 Å². The van der Waals surface area contributed by atoms with E-state index in [2.05, 4.69) is 33.4 Å². The van der Waals surface area contributed by atoms with Crippen LogP contribution in [0, 0.1) is 0 Å². The van der Waals surface area contributed by atoms with Crippen molar-refractivity contribution in [3.05, 3.63) is 63.6 Å². The number of hydrogen-bond donors (Lipinski definition) is 1. The fourth-order valence-corrected chi connectivity index (χ4v) is 4.54. The Hall–Kier alpha value is -1.85. The molecule has 1 aliphatic carbocycles. The summed E-state index contributed by atoms with van der Waals surface area (Å²) in [6.45, 7) is 2.18. The first-order chi connectivity index (χ1) is 13.7. The van der Waals surface area contributed by atoms with Crippen molar-refractivity contribution < 1.29 is 14.3 Å². The standard InChI is InChI=1S/C23H26BrNO3/c24-20-7-5-19(6-8-20)23(10-13-27-14-11-23)22(26)25-12-15-28-21-9-4-17-2-1-3-18(17)16-21/h4-9,16H,1-3,10-15H2,(H,25,26). The number of fused-ring (bicyclic) bond motifs is 1. The summed E-state index contributed by atoms with van der Waals surface area (Å²) in [6, 6.07) is 14.4. The number of rotatable bonds is 6. The third-order valence-corrected chi connectivity index (χ3v) is 6.43. The van der Waals surface area contributed by atoms with Gasteiger partial charge in [-0.1, -0.05) is 34.1 Å². The molecule has 5 heteroatoms. The van der Waals surface area contributed by atoms with E-state index in [4.69, 9.17) is 9.47 Å². The molecular weight excluding hydrogens is 418 g/mol. The number of benzene rings is 2. The number of carbonyl (C=O) groups is 1. The Labute approximate surface area is 174 Å². The molecule has 1 amide bonds. The van der Waals surface area contributed by atoms with Gasteiger partial charge in [-0.25, -0.2) is 0 Å². The summed E-state index contributed by atoms with van der Waals surface area (Å²) in [5.74, 6) is 0.958. The predicted molar refractivity (Wildman–Crippen MR) is 113 cm³/mol. The smallest absolute Gasteiger partial charge is 0.230 e. The summed E-state index contributed by atoms with van der Waals surface area (Å²) in [6.07, 6.45) is 4.95. The number of aryl methyl sites for hydroxylation is 2. The third kappa shape index (κ3) is 4.11. The molecule has 1 heterocycles. The molecule has 28 heavy (non-hydrogen) atoms. The maximum absolute atomic E-state index is 13.1. The van der Waals surface area contributed by atoms with Gasteiger partial charge in [-0.3, -0.25) is 4.79 Å². The molecule has 4 nitrogen and oxygen atoms in total. The fraction of sp³-hybridized carbons (Fsp3) is 0.435.